The molecule has 0 bridgehead atoms. The third-order valence-corrected chi connectivity index (χ3v) is 4.42. The summed E-state index contributed by atoms with van der Waals surface area (Å²) in [5.74, 6) is 0.505. The number of aliphatic hydroxyl groups excluding tert-OH is 1. The highest BCUT2D eigenvalue weighted by Gasteiger charge is 2.19. The molecule has 1 unspecified atom stereocenters. The van der Waals surface area contributed by atoms with Crippen molar-refractivity contribution in [2.24, 2.45) is 5.92 Å². The van der Waals surface area contributed by atoms with Gasteiger partial charge in [0.05, 0.1) is 0 Å². The topological polar surface area (TPSA) is 61.4 Å². The Bertz CT molecular complexity index is 431. The fraction of sp³-hybridized carbons (Fsp3) is 0.500. The normalized spacial score (nSPS) is 23.3. The van der Waals surface area contributed by atoms with Gasteiger partial charge >= 0.3 is 6.03 Å². The molecule has 0 fully saturated rings. The summed E-state index contributed by atoms with van der Waals surface area (Å²) in [6.45, 7) is 2.88. The second-order valence-corrected chi connectivity index (χ2v) is 5.92. The van der Waals surface area contributed by atoms with E-state index in [1.165, 1.54) is 4.88 Å². The number of thiophene rings is 1. The van der Waals surface area contributed by atoms with Crippen LogP contribution in [0.2, 0.25) is 0 Å². The summed E-state index contributed by atoms with van der Waals surface area (Å²) in [5.41, 5.74) is 0. The van der Waals surface area contributed by atoms with Crippen LogP contribution in [-0.2, 0) is 0 Å². The van der Waals surface area contributed by atoms with Gasteiger partial charge in [-0.1, -0.05) is 25.1 Å². The van der Waals surface area contributed by atoms with E-state index in [0.717, 1.165) is 6.42 Å². The minimum absolute atomic E-state index is 0.0363. The van der Waals surface area contributed by atoms with E-state index in [4.69, 9.17) is 5.11 Å². The molecule has 4 nitrogen and oxygen atoms in total. The Labute approximate surface area is 117 Å². The van der Waals surface area contributed by atoms with Crippen molar-refractivity contribution in [1.29, 1.82) is 0 Å². The van der Waals surface area contributed by atoms with E-state index < -0.39 is 0 Å². The number of hydrogen-bond donors (Lipinski definition) is 3. The molecule has 1 heterocycles. The second kappa shape index (κ2) is 6.73. The molecule has 2 amide bonds. The predicted octanol–water partition coefficient (Wildman–Crippen LogP) is 2.09. The molecular formula is C14H20N2O2S. The van der Waals surface area contributed by atoms with Crippen LogP contribution in [0.3, 0.4) is 0 Å². The van der Waals surface area contributed by atoms with Gasteiger partial charge in [-0.2, -0.15) is 0 Å². The van der Waals surface area contributed by atoms with Gasteiger partial charge in [-0.25, -0.2) is 4.79 Å². The Balaban J connectivity index is 1.69. The molecule has 0 saturated carbocycles. The van der Waals surface area contributed by atoms with E-state index in [-0.39, 0.29) is 24.6 Å². The number of aliphatic hydroxyl groups is 1. The van der Waals surface area contributed by atoms with Gasteiger partial charge in [-0.15, -0.1) is 11.3 Å². The van der Waals surface area contributed by atoms with Crippen LogP contribution in [0, 0.1) is 5.92 Å². The third kappa shape index (κ3) is 4.08. The lowest BCUT2D eigenvalue weighted by molar-refractivity contribution is 0.231. The number of rotatable bonds is 5. The number of urea groups is 1. The smallest absolute Gasteiger partial charge is 0.315 e. The number of amides is 2. The average Bonchev–Trinajstić information content (AvgIpc) is 3.06. The summed E-state index contributed by atoms with van der Waals surface area (Å²) in [4.78, 5) is 13.0. The molecule has 1 aromatic heterocycles. The molecule has 5 heteroatoms. The molecule has 1 aliphatic rings. The first kappa shape index (κ1) is 14.1. The van der Waals surface area contributed by atoms with Crippen LogP contribution >= 0.6 is 11.3 Å². The Morgan fingerprint density at radius 2 is 2.42 bits per heavy atom. The number of carbonyl (C=O) groups excluding carboxylic acids is 1. The van der Waals surface area contributed by atoms with Gasteiger partial charge in [0, 0.05) is 35.9 Å². The Morgan fingerprint density at radius 3 is 3.05 bits per heavy atom. The fourth-order valence-electron chi connectivity index (χ4n) is 2.15. The van der Waals surface area contributed by atoms with Crippen molar-refractivity contribution in [3.63, 3.8) is 0 Å². The minimum Gasteiger partial charge on any atom is -0.396 e. The van der Waals surface area contributed by atoms with Crippen molar-refractivity contribution in [3.05, 3.63) is 34.5 Å². The van der Waals surface area contributed by atoms with E-state index in [1.54, 1.807) is 11.3 Å². The maximum absolute atomic E-state index is 11.8. The first-order valence-corrected chi connectivity index (χ1v) is 7.44. The highest BCUT2D eigenvalue weighted by molar-refractivity contribution is 7.10. The molecule has 3 N–H and O–H groups in total. The van der Waals surface area contributed by atoms with Crippen LogP contribution in [0.4, 0.5) is 4.79 Å². The first-order valence-electron chi connectivity index (χ1n) is 6.56. The first-order chi connectivity index (χ1) is 9.19. The van der Waals surface area contributed by atoms with Crippen molar-refractivity contribution in [1.82, 2.24) is 10.6 Å². The summed E-state index contributed by atoms with van der Waals surface area (Å²) in [7, 11) is 0. The summed E-state index contributed by atoms with van der Waals surface area (Å²) < 4.78 is 0. The second-order valence-electron chi connectivity index (χ2n) is 4.94. The molecule has 0 radical (unpaired) electrons. The van der Waals surface area contributed by atoms with Crippen molar-refractivity contribution in [2.45, 2.75) is 25.3 Å². The van der Waals surface area contributed by atoms with Gasteiger partial charge in [0.1, 0.15) is 0 Å². The number of nitrogens with one attached hydrogen (secondary N) is 2. The van der Waals surface area contributed by atoms with Gasteiger partial charge in [-0.05, 0) is 17.9 Å². The van der Waals surface area contributed by atoms with Crippen molar-refractivity contribution >= 4 is 17.4 Å². The molecule has 0 aliphatic heterocycles. The van der Waals surface area contributed by atoms with Crippen LogP contribution in [0.1, 0.15) is 24.1 Å². The zero-order valence-corrected chi connectivity index (χ0v) is 11.8. The van der Waals surface area contributed by atoms with Crippen molar-refractivity contribution < 1.29 is 9.90 Å². The predicted molar refractivity (Wildman–Crippen MR) is 77.4 cm³/mol. The van der Waals surface area contributed by atoms with Gasteiger partial charge in [-0.3, -0.25) is 0 Å². The quantitative estimate of drug-likeness (QED) is 0.723. The van der Waals surface area contributed by atoms with E-state index >= 15 is 0 Å². The molecule has 19 heavy (non-hydrogen) atoms. The maximum atomic E-state index is 11.8. The molecule has 1 aliphatic carbocycles. The summed E-state index contributed by atoms with van der Waals surface area (Å²) in [6.07, 6.45) is 4.69. The molecule has 0 spiro atoms. The van der Waals surface area contributed by atoms with Crippen LogP contribution in [-0.4, -0.2) is 30.3 Å². The SMILES string of the molecule is CC(CNC(=O)N[C@@H]1C=C[C@H](CO)C1)c1cccs1. The Kier molecular flexibility index (Phi) is 4.99. The van der Waals surface area contributed by atoms with Gasteiger partial charge in [0.25, 0.3) is 0 Å². The zero-order chi connectivity index (χ0) is 13.7. The number of hydrogen-bond acceptors (Lipinski definition) is 3. The standard InChI is InChI=1S/C14H20N2O2S/c1-10(13-3-2-6-19-13)8-15-14(18)16-12-5-4-11(7-12)9-17/h2-6,10-12,17H,7-9H2,1H3,(H2,15,16,18)/t10?,11-,12+/m0/s1. The summed E-state index contributed by atoms with van der Waals surface area (Å²) >= 11 is 1.71. The summed E-state index contributed by atoms with van der Waals surface area (Å²) in [6, 6.07) is 4.00. The van der Waals surface area contributed by atoms with E-state index in [9.17, 15) is 4.79 Å². The van der Waals surface area contributed by atoms with E-state index in [1.807, 2.05) is 23.6 Å². The van der Waals surface area contributed by atoms with Crippen LogP contribution < -0.4 is 10.6 Å². The van der Waals surface area contributed by atoms with Crippen molar-refractivity contribution in [3.8, 4) is 0 Å². The number of carbonyl (C=O) groups is 1. The molecule has 3 atom stereocenters. The highest BCUT2D eigenvalue weighted by atomic mass is 32.1. The van der Waals surface area contributed by atoms with Crippen LogP contribution in [0.15, 0.2) is 29.7 Å². The van der Waals surface area contributed by atoms with Crippen LogP contribution in [0.25, 0.3) is 0 Å². The molecule has 1 aromatic rings. The molecule has 0 saturated heterocycles. The lowest BCUT2D eigenvalue weighted by atomic mass is 10.1. The van der Waals surface area contributed by atoms with E-state index in [0.29, 0.717) is 12.5 Å². The largest absolute Gasteiger partial charge is 0.396 e. The van der Waals surface area contributed by atoms with Gasteiger partial charge in [0.15, 0.2) is 0 Å². The van der Waals surface area contributed by atoms with E-state index in [2.05, 4.69) is 23.6 Å². The zero-order valence-electron chi connectivity index (χ0n) is 11.0. The van der Waals surface area contributed by atoms with Gasteiger partial charge in [0.2, 0.25) is 0 Å². The minimum atomic E-state index is -0.142. The van der Waals surface area contributed by atoms with Gasteiger partial charge < -0.3 is 15.7 Å². The van der Waals surface area contributed by atoms with Crippen molar-refractivity contribution in [2.75, 3.05) is 13.2 Å². The highest BCUT2D eigenvalue weighted by Crippen LogP contribution is 2.20. The third-order valence-electron chi connectivity index (χ3n) is 3.32. The Morgan fingerprint density at radius 1 is 1.58 bits per heavy atom. The summed E-state index contributed by atoms with van der Waals surface area (Å²) in [5, 5.41) is 16.9. The lowest BCUT2D eigenvalue weighted by Crippen LogP contribution is -2.42. The molecular weight excluding hydrogens is 260 g/mol. The average molecular weight is 280 g/mol. The molecule has 2 rings (SSSR count). The fourth-order valence-corrected chi connectivity index (χ4v) is 2.94. The molecule has 104 valence electrons. The lowest BCUT2D eigenvalue weighted by Gasteiger charge is -2.15. The Hall–Kier alpha value is -1.33. The maximum Gasteiger partial charge on any atom is 0.315 e. The molecule has 0 aromatic carbocycles. The monoisotopic (exact) mass is 280 g/mol. The van der Waals surface area contributed by atoms with Crippen LogP contribution in [0.5, 0.6) is 0 Å².